The van der Waals surface area contributed by atoms with Crippen molar-refractivity contribution < 1.29 is 9.53 Å². The second-order valence-electron chi connectivity index (χ2n) is 6.88. The Hall–Kier alpha value is -2.43. The van der Waals surface area contributed by atoms with Crippen LogP contribution < -0.4 is 9.64 Å². The van der Waals surface area contributed by atoms with Gasteiger partial charge in [-0.05, 0) is 57.9 Å². The highest BCUT2D eigenvalue weighted by atomic mass is 16.5. The molecular weight excluding hydrogens is 314 g/mol. The Labute approximate surface area is 149 Å². The summed E-state index contributed by atoms with van der Waals surface area (Å²) >= 11 is 0. The maximum absolute atomic E-state index is 13.0. The minimum absolute atomic E-state index is 0.0221. The first-order valence-electron chi connectivity index (χ1n) is 8.89. The molecule has 1 aliphatic rings. The highest BCUT2D eigenvalue weighted by Gasteiger charge is 2.27. The average Bonchev–Trinajstić information content (AvgIpc) is 2.61. The minimum Gasteiger partial charge on any atom is -0.491 e. The number of hydrogen-bond acceptors (Lipinski definition) is 5. The van der Waals surface area contributed by atoms with Gasteiger partial charge in [-0.3, -0.25) is 4.79 Å². The molecule has 0 aliphatic carbocycles. The topological polar surface area (TPSA) is 55.3 Å². The Kier molecular flexibility index (Phi) is 5.31. The third kappa shape index (κ3) is 4.35. The van der Waals surface area contributed by atoms with E-state index in [1.54, 1.807) is 0 Å². The number of aryl methyl sites for hydroxylation is 1. The summed E-state index contributed by atoms with van der Waals surface area (Å²) in [5.41, 5.74) is 1.62. The predicted octanol–water partition coefficient (Wildman–Crippen LogP) is 3.67. The molecule has 0 amide bonds. The van der Waals surface area contributed by atoms with Gasteiger partial charge in [0.05, 0.1) is 11.8 Å². The van der Waals surface area contributed by atoms with Crippen LogP contribution >= 0.6 is 0 Å². The summed E-state index contributed by atoms with van der Waals surface area (Å²) in [5, 5.41) is 8.39. The summed E-state index contributed by atoms with van der Waals surface area (Å²) in [4.78, 5) is 15.1. The number of carbonyl (C=O) groups is 1. The lowest BCUT2D eigenvalue weighted by molar-refractivity contribution is 0.0906. The number of ether oxygens (including phenoxy) is 1. The quantitative estimate of drug-likeness (QED) is 0.778. The van der Waals surface area contributed by atoms with E-state index in [0.717, 1.165) is 42.2 Å². The molecule has 1 aliphatic heterocycles. The largest absolute Gasteiger partial charge is 0.491 e. The van der Waals surface area contributed by atoms with Gasteiger partial charge in [-0.25, -0.2) is 0 Å². The van der Waals surface area contributed by atoms with Crippen LogP contribution in [0.25, 0.3) is 0 Å². The Bertz CT molecular complexity index is 728. The van der Waals surface area contributed by atoms with Gasteiger partial charge in [-0.1, -0.05) is 12.1 Å². The first-order valence-corrected chi connectivity index (χ1v) is 8.89. The fourth-order valence-electron chi connectivity index (χ4n) is 3.19. The van der Waals surface area contributed by atoms with E-state index in [1.807, 2.05) is 57.2 Å². The van der Waals surface area contributed by atoms with Crippen LogP contribution in [0.4, 0.5) is 5.82 Å². The van der Waals surface area contributed by atoms with Crippen LogP contribution in [0.15, 0.2) is 36.4 Å². The molecule has 5 nitrogen and oxygen atoms in total. The van der Waals surface area contributed by atoms with Crippen molar-refractivity contribution >= 4 is 11.6 Å². The average molecular weight is 339 g/mol. The molecule has 2 aromatic rings. The summed E-state index contributed by atoms with van der Waals surface area (Å²) in [6.07, 6.45) is 1.98. The molecule has 0 spiro atoms. The van der Waals surface area contributed by atoms with E-state index in [4.69, 9.17) is 4.74 Å². The van der Waals surface area contributed by atoms with Gasteiger partial charge >= 0.3 is 0 Å². The molecule has 1 aromatic heterocycles. The smallest absolute Gasteiger partial charge is 0.167 e. The van der Waals surface area contributed by atoms with Crippen LogP contribution in [0.1, 0.15) is 42.7 Å². The van der Waals surface area contributed by atoms with Gasteiger partial charge < -0.3 is 9.64 Å². The first kappa shape index (κ1) is 17.4. The van der Waals surface area contributed by atoms with Crippen molar-refractivity contribution in [3.63, 3.8) is 0 Å². The zero-order valence-electron chi connectivity index (χ0n) is 15.1. The van der Waals surface area contributed by atoms with Gasteiger partial charge in [0, 0.05) is 24.6 Å². The van der Waals surface area contributed by atoms with Crippen molar-refractivity contribution in [1.82, 2.24) is 10.2 Å². The Morgan fingerprint density at radius 1 is 1.24 bits per heavy atom. The summed E-state index contributed by atoms with van der Waals surface area (Å²) in [7, 11) is 0. The number of aromatic nitrogens is 2. The van der Waals surface area contributed by atoms with E-state index in [9.17, 15) is 4.79 Å². The first-order chi connectivity index (χ1) is 12.0. The molecule has 0 unspecified atom stereocenters. The lowest BCUT2D eigenvalue weighted by Gasteiger charge is -2.32. The van der Waals surface area contributed by atoms with Crippen LogP contribution in [0.3, 0.4) is 0 Å². The Morgan fingerprint density at radius 3 is 2.80 bits per heavy atom. The van der Waals surface area contributed by atoms with Gasteiger partial charge in [0.25, 0.3) is 0 Å². The van der Waals surface area contributed by atoms with E-state index in [-0.39, 0.29) is 17.8 Å². The lowest BCUT2D eigenvalue weighted by atomic mass is 9.90. The molecule has 132 valence electrons. The van der Waals surface area contributed by atoms with E-state index in [0.29, 0.717) is 6.54 Å². The number of piperidine rings is 1. The fourth-order valence-corrected chi connectivity index (χ4v) is 3.19. The van der Waals surface area contributed by atoms with Crippen LogP contribution in [0.2, 0.25) is 0 Å². The van der Waals surface area contributed by atoms with Crippen LogP contribution in [-0.4, -0.2) is 35.2 Å². The van der Waals surface area contributed by atoms with E-state index in [2.05, 4.69) is 15.1 Å². The predicted molar refractivity (Wildman–Crippen MR) is 98.2 cm³/mol. The van der Waals surface area contributed by atoms with E-state index in [1.165, 1.54) is 0 Å². The zero-order valence-corrected chi connectivity index (χ0v) is 15.1. The summed E-state index contributed by atoms with van der Waals surface area (Å²) in [6, 6.07) is 11.4. The Morgan fingerprint density at radius 2 is 2.08 bits per heavy atom. The molecular formula is C20H25N3O2. The number of ketones is 1. The van der Waals surface area contributed by atoms with E-state index < -0.39 is 0 Å². The fraction of sp³-hybridized carbons (Fsp3) is 0.450. The van der Waals surface area contributed by atoms with Gasteiger partial charge in [-0.15, -0.1) is 5.10 Å². The number of rotatable bonds is 5. The monoisotopic (exact) mass is 339 g/mol. The van der Waals surface area contributed by atoms with Crippen LogP contribution in [0, 0.1) is 12.8 Å². The minimum atomic E-state index is -0.0221. The molecule has 25 heavy (non-hydrogen) atoms. The molecule has 3 rings (SSSR count). The standard InChI is InChI=1S/C20H25N3O2/c1-14(2)25-18-8-4-6-16(12-18)20(24)17-7-5-11-23(13-17)19-10-9-15(3)21-22-19/h4,6,8-10,12,14,17H,5,7,11,13H2,1-3H3/t17-/m0/s1. The summed E-state index contributed by atoms with van der Waals surface area (Å²) in [5.74, 6) is 1.75. The van der Waals surface area contributed by atoms with Gasteiger partial charge in [0.2, 0.25) is 0 Å². The van der Waals surface area contributed by atoms with Gasteiger partial charge in [0.1, 0.15) is 5.75 Å². The molecule has 0 N–H and O–H groups in total. The van der Waals surface area contributed by atoms with Crippen molar-refractivity contribution in [3.8, 4) is 5.75 Å². The number of anilines is 1. The second kappa shape index (κ2) is 7.64. The molecule has 0 bridgehead atoms. The normalized spacial score (nSPS) is 17.6. The van der Waals surface area contributed by atoms with E-state index >= 15 is 0 Å². The third-order valence-corrected chi connectivity index (χ3v) is 4.39. The Balaban J connectivity index is 1.72. The SMILES string of the molecule is Cc1ccc(N2CCC[C@H](C(=O)c3cccc(OC(C)C)c3)C2)nn1. The third-order valence-electron chi connectivity index (χ3n) is 4.39. The summed E-state index contributed by atoms with van der Waals surface area (Å²) < 4.78 is 5.71. The van der Waals surface area contributed by atoms with Gasteiger partial charge in [-0.2, -0.15) is 5.10 Å². The molecule has 1 atom stereocenters. The van der Waals surface area contributed by atoms with Crippen LogP contribution in [-0.2, 0) is 0 Å². The van der Waals surface area contributed by atoms with Crippen molar-refractivity contribution in [1.29, 1.82) is 0 Å². The zero-order chi connectivity index (χ0) is 17.8. The maximum atomic E-state index is 13.0. The second-order valence-corrected chi connectivity index (χ2v) is 6.88. The number of hydrogen-bond donors (Lipinski definition) is 0. The molecule has 2 heterocycles. The van der Waals surface area contributed by atoms with Crippen molar-refractivity contribution in [2.24, 2.45) is 5.92 Å². The molecule has 0 saturated carbocycles. The van der Waals surface area contributed by atoms with Crippen molar-refractivity contribution in [3.05, 3.63) is 47.7 Å². The summed E-state index contributed by atoms with van der Waals surface area (Å²) in [6.45, 7) is 7.49. The highest BCUT2D eigenvalue weighted by Crippen LogP contribution is 2.25. The molecule has 0 radical (unpaired) electrons. The molecule has 1 aromatic carbocycles. The highest BCUT2D eigenvalue weighted by molar-refractivity contribution is 5.98. The van der Waals surface area contributed by atoms with Crippen LogP contribution in [0.5, 0.6) is 5.75 Å². The van der Waals surface area contributed by atoms with Crippen molar-refractivity contribution in [2.75, 3.05) is 18.0 Å². The number of Topliss-reactive ketones (excluding diaryl/α,β-unsaturated/α-hetero) is 1. The lowest BCUT2D eigenvalue weighted by Crippen LogP contribution is -2.39. The number of carbonyl (C=O) groups excluding carboxylic acids is 1. The number of nitrogens with zero attached hydrogens (tertiary/aromatic N) is 3. The number of benzene rings is 1. The molecule has 5 heteroatoms. The molecule has 1 fully saturated rings. The maximum Gasteiger partial charge on any atom is 0.167 e. The molecule has 1 saturated heterocycles. The van der Waals surface area contributed by atoms with Gasteiger partial charge in [0.15, 0.2) is 11.6 Å². The van der Waals surface area contributed by atoms with Crippen molar-refractivity contribution in [2.45, 2.75) is 39.7 Å².